The zero-order chi connectivity index (χ0) is 16.4. The predicted octanol–water partition coefficient (Wildman–Crippen LogP) is 3.76. The van der Waals surface area contributed by atoms with E-state index in [0.717, 1.165) is 49.4 Å². The first-order valence-electron chi connectivity index (χ1n) is 8.60. The van der Waals surface area contributed by atoms with Crippen LogP contribution in [-0.2, 0) is 13.0 Å². The molecule has 2 N–H and O–H groups in total. The Bertz CT molecular complexity index is 763. The number of nitrogens with zero attached hydrogens (tertiary/aromatic N) is 1. The van der Waals surface area contributed by atoms with Crippen molar-refractivity contribution in [1.29, 1.82) is 0 Å². The molecule has 24 heavy (non-hydrogen) atoms. The summed E-state index contributed by atoms with van der Waals surface area (Å²) in [7, 11) is 0. The maximum Gasteiger partial charge on any atom is 0.123 e. The van der Waals surface area contributed by atoms with E-state index in [1.165, 1.54) is 11.6 Å². The Hall–Kier alpha value is -2.20. The van der Waals surface area contributed by atoms with E-state index in [4.69, 9.17) is 4.99 Å². The lowest BCUT2D eigenvalue weighted by Crippen LogP contribution is -2.48. The highest BCUT2D eigenvalue weighted by molar-refractivity contribution is 6.02. The van der Waals surface area contributed by atoms with Gasteiger partial charge < -0.3 is 10.6 Å². The topological polar surface area (TPSA) is 36.4 Å². The van der Waals surface area contributed by atoms with Gasteiger partial charge in [-0.2, -0.15) is 0 Å². The molecule has 4 heteroatoms. The van der Waals surface area contributed by atoms with Crippen molar-refractivity contribution in [2.24, 2.45) is 10.4 Å². The molecule has 2 aliphatic rings. The Labute approximate surface area is 142 Å². The Kier molecular flexibility index (Phi) is 4.07. The van der Waals surface area contributed by atoms with Gasteiger partial charge in [0.25, 0.3) is 0 Å². The summed E-state index contributed by atoms with van der Waals surface area (Å²) in [5.41, 5.74) is 3.50. The van der Waals surface area contributed by atoms with Crippen LogP contribution in [0, 0.1) is 11.2 Å². The van der Waals surface area contributed by atoms with E-state index >= 15 is 0 Å². The summed E-state index contributed by atoms with van der Waals surface area (Å²) < 4.78 is 13.4. The summed E-state index contributed by atoms with van der Waals surface area (Å²) in [6.07, 6.45) is 3.19. The van der Waals surface area contributed by atoms with E-state index in [1.807, 2.05) is 6.07 Å². The van der Waals surface area contributed by atoms with Gasteiger partial charge in [-0.3, -0.25) is 4.99 Å². The number of piperidine rings is 1. The molecule has 2 aromatic rings. The van der Waals surface area contributed by atoms with Crippen LogP contribution in [0.15, 0.2) is 53.5 Å². The number of hydrogen-bond acceptors (Lipinski definition) is 2. The molecule has 0 unspecified atom stereocenters. The first-order chi connectivity index (χ1) is 11.8. The minimum Gasteiger partial charge on any atom is -0.343 e. The van der Waals surface area contributed by atoms with Crippen molar-refractivity contribution in [3.05, 3.63) is 65.5 Å². The van der Waals surface area contributed by atoms with Gasteiger partial charge in [0.05, 0.1) is 6.54 Å². The average molecular weight is 323 g/mol. The van der Waals surface area contributed by atoms with Crippen LogP contribution in [0.3, 0.4) is 0 Å². The largest absolute Gasteiger partial charge is 0.343 e. The molecule has 3 nitrogen and oxygen atoms in total. The standard InChI is InChI=1S/C20H22FN3/c21-17-6-3-4-15(12-17)14-23-19-20(8-10-22-11-9-20)13-16-5-1-2-7-18(16)24-19/h1-7,12,22H,8-11,13-14H2,(H,23,24). The van der Waals surface area contributed by atoms with E-state index in [2.05, 4.69) is 34.9 Å². The van der Waals surface area contributed by atoms with Crippen LogP contribution >= 0.6 is 0 Å². The molecule has 0 amide bonds. The fraction of sp³-hybridized carbons (Fsp3) is 0.350. The normalized spacial score (nSPS) is 20.6. The lowest BCUT2D eigenvalue weighted by molar-refractivity contribution is 0.293. The molecule has 1 fully saturated rings. The molecule has 0 atom stereocenters. The first-order valence-corrected chi connectivity index (χ1v) is 8.60. The second-order valence-corrected chi connectivity index (χ2v) is 6.78. The van der Waals surface area contributed by atoms with Gasteiger partial charge in [-0.1, -0.05) is 30.3 Å². The van der Waals surface area contributed by atoms with Crippen molar-refractivity contribution in [3.63, 3.8) is 0 Å². The Morgan fingerprint density at radius 2 is 1.88 bits per heavy atom. The van der Waals surface area contributed by atoms with Crippen molar-refractivity contribution in [1.82, 2.24) is 5.32 Å². The number of aliphatic imine (C=N–C) groups is 1. The second kappa shape index (κ2) is 6.36. The molecule has 0 aliphatic carbocycles. The summed E-state index contributed by atoms with van der Waals surface area (Å²) in [4.78, 5) is 4.88. The van der Waals surface area contributed by atoms with Crippen LogP contribution in [0.4, 0.5) is 10.1 Å². The fourth-order valence-electron chi connectivity index (χ4n) is 3.84. The highest BCUT2D eigenvalue weighted by Gasteiger charge is 2.40. The Balaban J connectivity index is 1.66. The molecule has 0 radical (unpaired) electrons. The number of hydrogen-bond donors (Lipinski definition) is 2. The van der Waals surface area contributed by atoms with Crippen LogP contribution < -0.4 is 10.6 Å². The number of rotatable bonds is 2. The van der Waals surface area contributed by atoms with Gasteiger partial charge in [0.15, 0.2) is 0 Å². The summed E-state index contributed by atoms with van der Waals surface area (Å²) in [6.45, 7) is 2.54. The van der Waals surface area contributed by atoms with Crippen molar-refractivity contribution < 1.29 is 4.39 Å². The number of benzene rings is 2. The lowest BCUT2D eigenvalue weighted by Gasteiger charge is -2.42. The molecule has 4 rings (SSSR count). The van der Waals surface area contributed by atoms with Crippen molar-refractivity contribution in [2.75, 3.05) is 18.4 Å². The molecule has 0 bridgehead atoms. The number of halogens is 1. The number of fused-ring (bicyclic) bond motifs is 1. The molecular weight excluding hydrogens is 301 g/mol. The van der Waals surface area contributed by atoms with Gasteiger partial charge in [0.2, 0.25) is 0 Å². The fourth-order valence-corrected chi connectivity index (χ4v) is 3.84. The molecule has 0 aromatic heterocycles. The second-order valence-electron chi connectivity index (χ2n) is 6.78. The highest BCUT2D eigenvalue weighted by atomic mass is 19.1. The summed E-state index contributed by atoms with van der Waals surface area (Å²) >= 11 is 0. The zero-order valence-electron chi connectivity index (χ0n) is 13.7. The quantitative estimate of drug-likeness (QED) is 0.883. The van der Waals surface area contributed by atoms with Gasteiger partial charge in [-0.05, 0) is 61.7 Å². The molecule has 1 spiro atoms. The van der Waals surface area contributed by atoms with Crippen molar-refractivity contribution in [2.45, 2.75) is 25.8 Å². The summed E-state index contributed by atoms with van der Waals surface area (Å²) in [5.74, 6) is 0.859. The monoisotopic (exact) mass is 323 g/mol. The average Bonchev–Trinajstić information content (AvgIpc) is 2.61. The minimum absolute atomic E-state index is 0.0763. The van der Waals surface area contributed by atoms with Gasteiger partial charge in [-0.15, -0.1) is 0 Å². The van der Waals surface area contributed by atoms with Gasteiger partial charge in [0.1, 0.15) is 11.7 Å². The Morgan fingerprint density at radius 3 is 2.71 bits per heavy atom. The first kappa shape index (κ1) is 15.3. The number of para-hydroxylation sites is 1. The highest BCUT2D eigenvalue weighted by Crippen LogP contribution is 2.40. The lowest BCUT2D eigenvalue weighted by atomic mass is 9.71. The number of nitrogens with one attached hydrogen (secondary N) is 2. The summed E-state index contributed by atoms with van der Waals surface area (Å²) in [6, 6.07) is 15.2. The van der Waals surface area contributed by atoms with Gasteiger partial charge in [0, 0.05) is 11.1 Å². The van der Waals surface area contributed by atoms with E-state index in [9.17, 15) is 4.39 Å². The maximum atomic E-state index is 13.4. The van der Waals surface area contributed by atoms with E-state index in [0.29, 0.717) is 6.54 Å². The molecule has 2 aromatic carbocycles. The van der Waals surface area contributed by atoms with E-state index in [1.54, 1.807) is 12.1 Å². The predicted molar refractivity (Wildman–Crippen MR) is 95.8 cm³/mol. The third kappa shape index (κ3) is 2.94. The maximum absolute atomic E-state index is 13.4. The van der Waals surface area contributed by atoms with Crippen LogP contribution in [0.2, 0.25) is 0 Å². The van der Waals surface area contributed by atoms with Gasteiger partial charge >= 0.3 is 0 Å². The van der Waals surface area contributed by atoms with Crippen molar-refractivity contribution in [3.8, 4) is 0 Å². The molecule has 1 saturated heterocycles. The zero-order valence-corrected chi connectivity index (χ0v) is 13.7. The number of amidine groups is 1. The molecule has 124 valence electrons. The summed E-state index contributed by atoms with van der Waals surface area (Å²) in [5, 5.41) is 7.02. The molecule has 2 heterocycles. The molecule has 0 saturated carbocycles. The SMILES string of the molecule is Fc1cccc(CN=C2Nc3ccccc3CC23CCNCC3)c1. The van der Waals surface area contributed by atoms with Crippen LogP contribution in [0.25, 0.3) is 0 Å². The number of anilines is 1. The van der Waals surface area contributed by atoms with Crippen LogP contribution in [0.1, 0.15) is 24.0 Å². The van der Waals surface area contributed by atoms with Gasteiger partial charge in [-0.25, -0.2) is 4.39 Å². The Morgan fingerprint density at radius 1 is 1.04 bits per heavy atom. The van der Waals surface area contributed by atoms with Crippen molar-refractivity contribution >= 4 is 11.5 Å². The van der Waals surface area contributed by atoms with Crippen LogP contribution in [-0.4, -0.2) is 18.9 Å². The molecular formula is C20H22FN3. The van der Waals surface area contributed by atoms with E-state index in [-0.39, 0.29) is 11.2 Å². The van der Waals surface area contributed by atoms with Crippen LogP contribution in [0.5, 0.6) is 0 Å². The van der Waals surface area contributed by atoms with E-state index < -0.39 is 0 Å². The third-order valence-corrected chi connectivity index (χ3v) is 5.17. The molecule has 2 aliphatic heterocycles. The smallest absolute Gasteiger partial charge is 0.123 e. The minimum atomic E-state index is -0.203. The third-order valence-electron chi connectivity index (χ3n) is 5.17.